The van der Waals surface area contributed by atoms with Crippen LogP contribution in [-0.4, -0.2) is 0 Å². The van der Waals surface area contributed by atoms with Gasteiger partial charge in [0, 0.05) is 0 Å². The van der Waals surface area contributed by atoms with E-state index >= 15 is 0 Å². The number of rotatable bonds is 4. The van der Waals surface area contributed by atoms with Crippen molar-refractivity contribution in [2.45, 2.75) is 80.1 Å². The molecule has 1 radical (unpaired) electrons. The maximum atomic E-state index is 3.36. The van der Waals surface area contributed by atoms with E-state index < -0.39 is 0 Å². The molecule has 0 spiro atoms. The molecule has 1 atom stereocenters. The molecule has 0 amide bonds. The third-order valence-corrected chi connectivity index (χ3v) is 4.81. The fourth-order valence-electron chi connectivity index (χ4n) is 2.94. The molecule has 0 aliphatic heterocycles. The van der Waals surface area contributed by atoms with Crippen molar-refractivity contribution >= 4 is 24.8 Å². The molecule has 0 aromatic heterocycles. The molecule has 0 bridgehead atoms. The van der Waals surface area contributed by atoms with Gasteiger partial charge in [0.25, 0.3) is 0 Å². The summed E-state index contributed by atoms with van der Waals surface area (Å²) < 4.78 is 0. The Kier molecular flexibility index (Phi) is 22.0. The SMILES string of the molecule is CC1=[C-]C(C)C(C)=C1C.CCCC1=[C-]CC=C1.CCCC1=[C-]CC=C1.Cl.Cl.[Zr+3]. The zero-order valence-corrected chi connectivity index (χ0v) is 22.5. The van der Waals surface area contributed by atoms with Gasteiger partial charge in [0.05, 0.1) is 0 Å². The van der Waals surface area contributed by atoms with Crippen LogP contribution in [-0.2, 0) is 26.2 Å². The summed E-state index contributed by atoms with van der Waals surface area (Å²) in [5.41, 5.74) is 7.04. The monoisotopic (exact) mass is 497 g/mol. The summed E-state index contributed by atoms with van der Waals surface area (Å²) in [5.74, 6) is 0.560. The third kappa shape index (κ3) is 12.5. The predicted octanol–water partition coefficient (Wildman–Crippen LogP) is 8.52. The topological polar surface area (TPSA) is 0 Å². The number of hydrogen-bond acceptors (Lipinski definition) is 0. The molecule has 3 aliphatic carbocycles. The zero-order chi connectivity index (χ0) is 18.7. The molecule has 0 aromatic rings. The van der Waals surface area contributed by atoms with E-state index in [1.807, 2.05) is 0 Å². The summed E-state index contributed by atoms with van der Waals surface area (Å²) in [6.07, 6.45) is 25.5. The molecule has 28 heavy (non-hydrogen) atoms. The van der Waals surface area contributed by atoms with E-state index in [0.717, 1.165) is 12.8 Å². The first kappa shape index (κ1) is 32.6. The Morgan fingerprint density at radius 2 is 1.29 bits per heavy atom. The molecule has 0 heterocycles. The van der Waals surface area contributed by atoms with E-state index in [-0.39, 0.29) is 51.0 Å². The molecular formula is C25H37Cl2Zr. The Hall–Kier alpha value is -0.0969. The van der Waals surface area contributed by atoms with E-state index in [0.29, 0.717) is 5.92 Å². The van der Waals surface area contributed by atoms with Crippen LogP contribution in [0.25, 0.3) is 0 Å². The van der Waals surface area contributed by atoms with Gasteiger partial charge in [0.1, 0.15) is 0 Å². The molecule has 0 N–H and O–H groups in total. The van der Waals surface area contributed by atoms with Crippen LogP contribution in [0, 0.1) is 24.1 Å². The summed E-state index contributed by atoms with van der Waals surface area (Å²) in [6, 6.07) is 0. The Balaban J connectivity index is -0.000000318. The van der Waals surface area contributed by atoms with E-state index in [1.165, 1.54) is 53.5 Å². The van der Waals surface area contributed by atoms with Crippen LogP contribution in [0.2, 0.25) is 0 Å². The summed E-state index contributed by atoms with van der Waals surface area (Å²) in [6.45, 7) is 13.1. The zero-order valence-electron chi connectivity index (χ0n) is 18.4. The van der Waals surface area contributed by atoms with Crippen LogP contribution in [0.5, 0.6) is 0 Å². The van der Waals surface area contributed by atoms with Crippen LogP contribution in [0.1, 0.15) is 80.1 Å². The van der Waals surface area contributed by atoms with Gasteiger partial charge in [-0.15, -0.1) is 44.6 Å². The van der Waals surface area contributed by atoms with Gasteiger partial charge in [0.15, 0.2) is 0 Å². The maximum Gasteiger partial charge on any atom is 3.00 e. The van der Waals surface area contributed by atoms with Crippen molar-refractivity contribution in [1.29, 1.82) is 0 Å². The average Bonchev–Trinajstić information content (AvgIpc) is 3.32. The molecule has 3 heteroatoms. The molecular weight excluding hydrogens is 462 g/mol. The van der Waals surface area contributed by atoms with Crippen molar-refractivity contribution in [1.82, 2.24) is 0 Å². The number of hydrogen-bond donors (Lipinski definition) is 0. The van der Waals surface area contributed by atoms with Gasteiger partial charge in [-0.2, -0.15) is 23.3 Å². The molecule has 0 aromatic carbocycles. The molecule has 3 rings (SSSR count). The molecule has 0 fully saturated rings. The van der Waals surface area contributed by atoms with Crippen LogP contribution in [0.15, 0.2) is 52.2 Å². The summed E-state index contributed by atoms with van der Waals surface area (Å²) in [4.78, 5) is 0. The molecule has 0 saturated heterocycles. The van der Waals surface area contributed by atoms with Crippen LogP contribution in [0.3, 0.4) is 0 Å². The van der Waals surface area contributed by atoms with Gasteiger partial charge < -0.3 is 0 Å². The average molecular weight is 500 g/mol. The Morgan fingerprint density at radius 1 is 0.857 bits per heavy atom. The second-order valence-corrected chi connectivity index (χ2v) is 6.92. The first-order valence-corrected chi connectivity index (χ1v) is 9.79. The smallest absolute Gasteiger partial charge is 0.269 e. The van der Waals surface area contributed by atoms with Crippen molar-refractivity contribution in [2.24, 2.45) is 5.92 Å². The predicted molar refractivity (Wildman–Crippen MR) is 125 cm³/mol. The maximum absolute atomic E-state index is 3.36. The fourth-order valence-corrected chi connectivity index (χ4v) is 2.94. The van der Waals surface area contributed by atoms with Gasteiger partial charge >= 0.3 is 26.2 Å². The number of halogens is 2. The molecule has 0 nitrogen and oxygen atoms in total. The van der Waals surface area contributed by atoms with E-state index in [9.17, 15) is 0 Å². The van der Waals surface area contributed by atoms with Crippen LogP contribution >= 0.6 is 24.8 Å². The van der Waals surface area contributed by atoms with Crippen molar-refractivity contribution in [2.75, 3.05) is 0 Å². The van der Waals surface area contributed by atoms with E-state index in [4.69, 9.17) is 0 Å². The van der Waals surface area contributed by atoms with E-state index in [2.05, 4.69) is 84.1 Å². The van der Waals surface area contributed by atoms with Crippen LogP contribution < -0.4 is 0 Å². The molecule has 155 valence electrons. The minimum Gasteiger partial charge on any atom is -0.269 e. The first-order valence-electron chi connectivity index (χ1n) is 9.79. The minimum atomic E-state index is 0. The standard InChI is InChI=1S/C9H13.2C8H11.2ClH.Zr/c1-6-5-7(2)9(4)8(6)3;2*1-2-5-8-6-3-4-7-8;;;/h6H,1-4H3;2*3,6H,2,4-5H2,1H3;2*1H;/q3*-1;;;+3. The summed E-state index contributed by atoms with van der Waals surface area (Å²) in [7, 11) is 0. The quantitative estimate of drug-likeness (QED) is 0.340. The fraction of sp³-hybridized carbons (Fsp3) is 0.520. The second kappa shape index (κ2) is 18.9. The minimum absolute atomic E-state index is 0. The Bertz CT molecular complexity index is 572. The van der Waals surface area contributed by atoms with Crippen LogP contribution in [0.4, 0.5) is 0 Å². The van der Waals surface area contributed by atoms with Gasteiger partial charge in [-0.1, -0.05) is 66.2 Å². The second-order valence-electron chi connectivity index (χ2n) is 6.92. The van der Waals surface area contributed by atoms with E-state index in [1.54, 1.807) is 0 Å². The molecule has 1 unspecified atom stereocenters. The molecule has 3 aliphatic rings. The first-order chi connectivity index (χ1) is 12.0. The van der Waals surface area contributed by atoms with Gasteiger partial charge in [-0.25, -0.2) is 28.9 Å². The third-order valence-electron chi connectivity index (χ3n) is 4.81. The largest absolute Gasteiger partial charge is 3.00 e. The van der Waals surface area contributed by atoms with Crippen molar-refractivity contribution < 1.29 is 26.2 Å². The van der Waals surface area contributed by atoms with Crippen molar-refractivity contribution in [3.8, 4) is 0 Å². The van der Waals surface area contributed by atoms with Gasteiger partial charge in [0.2, 0.25) is 0 Å². The summed E-state index contributed by atoms with van der Waals surface area (Å²) >= 11 is 0. The van der Waals surface area contributed by atoms with Crippen molar-refractivity contribution in [3.05, 3.63) is 70.4 Å². The van der Waals surface area contributed by atoms with Gasteiger partial charge in [-0.3, -0.25) is 18.2 Å². The number of allylic oxidation sites excluding steroid dienone is 12. The molecule has 0 saturated carbocycles. The normalized spacial score (nSPS) is 18.4. The Morgan fingerprint density at radius 3 is 1.46 bits per heavy atom. The summed E-state index contributed by atoms with van der Waals surface area (Å²) in [5, 5.41) is 0. The van der Waals surface area contributed by atoms with Crippen molar-refractivity contribution in [3.63, 3.8) is 0 Å². The Labute approximate surface area is 206 Å². The van der Waals surface area contributed by atoms with Gasteiger partial charge in [-0.05, 0) is 0 Å².